The van der Waals surface area contributed by atoms with E-state index in [-0.39, 0.29) is 17.1 Å². The maximum atomic E-state index is 3.88. The van der Waals surface area contributed by atoms with Gasteiger partial charge in [0, 0.05) is 18.5 Å². The van der Waals surface area contributed by atoms with Crippen molar-refractivity contribution in [3.63, 3.8) is 0 Å². The van der Waals surface area contributed by atoms with Gasteiger partial charge in [-0.3, -0.25) is 4.90 Å². The van der Waals surface area contributed by atoms with Crippen LogP contribution in [0.15, 0.2) is 12.7 Å². The van der Waals surface area contributed by atoms with E-state index in [4.69, 9.17) is 0 Å². The minimum absolute atomic E-state index is 0. The molecule has 124 valence electrons. The van der Waals surface area contributed by atoms with Gasteiger partial charge in [-0.1, -0.05) is 25.7 Å². The van der Waals surface area contributed by atoms with E-state index in [0.717, 1.165) is 6.54 Å². The van der Waals surface area contributed by atoms with Crippen molar-refractivity contribution in [1.82, 2.24) is 4.90 Å². The van der Waals surface area contributed by atoms with Gasteiger partial charge in [0.15, 0.2) is 0 Å². The Hall–Kier alpha value is 0.436. The summed E-state index contributed by atoms with van der Waals surface area (Å²) in [5.41, 5.74) is 1.65. The van der Waals surface area contributed by atoms with E-state index < -0.39 is 8.07 Å². The summed E-state index contributed by atoms with van der Waals surface area (Å²) in [6, 6.07) is 0.643. The smallest absolute Gasteiger partial charge is 0.296 e. The van der Waals surface area contributed by atoms with Crippen LogP contribution >= 0.6 is 0 Å². The minimum atomic E-state index is -1.20. The molecule has 3 rings (SSSR count). The maximum absolute atomic E-state index is 3.88. The van der Waals surface area contributed by atoms with E-state index in [0.29, 0.717) is 6.04 Å². The van der Waals surface area contributed by atoms with Crippen LogP contribution in [-0.2, 0) is 17.1 Å². The monoisotopic (exact) mass is 367 g/mol. The van der Waals surface area contributed by atoms with Crippen LogP contribution < -0.4 is 0 Å². The van der Waals surface area contributed by atoms with E-state index in [1.807, 2.05) is 38.2 Å². The van der Waals surface area contributed by atoms with Gasteiger partial charge in [0.2, 0.25) is 0 Å². The topological polar surface area (TPSA) is 3.24 Å². The van der Waals surface area contributed by atoms with Crippen molar-refractivity contribution in [1.29, 1.82) is 0 Å². The van der Waals surface area contributed by atoms with Crippen LogP contribution in [0.25, 0.3) is 0 Å². The molecule has 0 N–H and O–H groups in total. The van der Waals surface area contributed by atoms with Crippen molar-refractivity contribution in [2.45, 2.75) is 38.5 Å². The predicted octanol–water partition coefficient (Wildman–Crippen LogP) is 4.31. The summed E-state index contributed by atoms with van der Waals surface area (Å²) in [5.74, 6) is 1.60. The van der Waals surface area contributed by atoms with Crippen molar-refractivity contribution < 1.29 is 17.1 Å². The standard InChI is InChI=1S/C15H24NSi.C5H5.Fe/c1-5-11-16-12-7-9-14(16)13-8-6-10-15(13)17(2,3)4;1-2-4-5-3-1;/h5-6,8,10,14H,1,7,9,11-12H2,2-4H3;1-5H;/q;;+2/t14-;;/m1../s1. The second-order valence-corrected chi connectivity index (χ2v) is 12.1. The zero-order chi connectivity index (χ0) is 16.0. The Balaban J connectivity index is 0.000000377. The van der Waals surface area contributed by atoms with Gasteiger partial charge in [0.1, 0.15) is 0 Å². The molecule has 10 radical (unpaired) electrons. The van der Waals surface area contributed by atoms with E-state index >= 15 is 0 Å². The summed E-state index contributed by atoms with van der Waals surface area (Å²) in [6.07, 6.45) is 21.6. The van der Waals surface area contributed by atoms with Gasteiger partial charge in [-0.25, -0.2) is 0 Å². The fourth-order valence-corrected chi connectivity index (χ4v) is 5.00. The minimum Gasteiger partial charge on any atom is -0.296 e. The van der Waals surface area contributed by atoms with Crippen molar-refractivity contribution in [3.8, 4) is 0 Å². The SMILES string of the molecule is C=CCN1CCC[C@@H]1[C]1[CH][CH][CH][C]1[Si](C)(C)C.[CH]1[CH][CH][CH][CH]1.[Fe+2]. The van der Waals surface area contributed by atoms with E-state index in [1.165, 1.54) is 19.4 Å². The molecule has 0 aromatic rings. The summed E-state index contributed by atoms with van der Waals surface area (Å²) in [6.45, 7) is 13.5. The second kappa shape index (κ2) is 10.4. The normalized spacial score (nSPS) is 26.7. The van der Waals surface area contributed by atoms with Crippen molar-refractivity contribution in [3.05, 3.63) is 75.5 Å². The third kappa shape index (κ3) is 6.34. The maximum Gasteiger partial charge on any atom is 2.00 e. The Morgan fingerprint density at radius 1 is 1.09 bits per heavy atom. The van der Waals surface area contributed by atoms with Crippen LogP contribution in [0, 0.1) is 62.8 Å². The Kier molecular flexibility index (Phi) is 9.74. The van der Waals surface area contributed by atoms with Gasteiger partial charge >= 0.3 is 17.1 Å². The van der Waals surface area contributed by atoms with Crippen molar-refractivity contribution in [2.75, 3.05) is 13.1 Å². The zero-order valence-corrected chi connectivity index (χ0v) is 16.7. The molecule has 3 heteroatoms. The molecule has 0 aromatic carbocycles. The molecule has 3 fully saturated rings. The third-order valence-electron chi connectivity index (χ3n) is 4.30. The quantitative estimate of drug-likeness (QED) is 0.529. The molecule has 0 spiro atoms. The number of nitrogens with zero attached hydrogens (tertiary/aromatic N) is 1. The molecule has 0 amide bonds. The fourth-order valence-electron chi connectivity index (χ4n) is 3.29. The van der Waals surface area contributed by atoms with Crippen LogP contribution in [0.3, 0.4) is 0 Å². The Morgan fingerprint density at radius 3 is 2.22 bits per heavy atom. The van der Waals surface area contributed by atoms with Gasteiger partial charge in [0.25, 0.3) is 0 Å². The summed E-state index contributed by atoms with van der Waals surface area (Å²) in [4.78, 5) is 2.58. The number of hydrogen-bond donors (Lipinski definition) is 0. The van der Waals surface area contributed by atoms with Crippen LogP contribution in [0.1, 0.15) is 12.8 Å². The first-order valence-corrected chi connectivity index (χ1v) is 11.8. The molecule has 2 aliphatic carbocycles. The Morgan fingerprint density at radius 2 is 1.70 bits per heavy atom. The molecular formula is C20H29FeNSi+2. The van der Waals surface area contributed by atoms with Gasteiger partial charge in [-0.2, -0.15) is 0 Å². The molecule has 1 nitrogen and oxygen atoms in total. The molecule has 23 heavy (non-hydrogen) atoms. The molecule has 0 aromatic heterocycles. The molecular weight excluding hydrogens is 338 g/mol. The van der Waals surface area contributed by atoms with Crippen LogP contribution in [0.5, 0.6) is 0 Å². The molecule has 2 saturated carbocycles. The summed E-state index contributed by atoms with van der Waals surface area (Å²) in [7, 11) is -1.20. The molecule has 0 bridgehead atoms. The van der Waals surface area contributed by atoms with Gasteiger partial charge in [0.05, 0.1) is 8.07 Å². The van der Waals surface area contributed by atoms with E-state index in [2.05, 4.69) is 50.4 Å². The van der Waals surface area contributed by atoms with Crippen molar-refractivity contribution in [2.24, 2.45) is 0 Å². The second-order valence-electron chi connectivity index (χ2n) is 7.05. The van der Waals surface area contributed by atoms with Gasteiger partial charge in [-0.15, -0.1) is 6.58 Å². The van der Waals surface area contributed by atoms with Crippen LogP contribution in [0.4, 0.5) is 0 Å². The average Bonchev–Trinajstić information content (AvgIpc) is 3.21. The Labute approximate surface area is 157 Å². The van der Waals surface area contributed by atoms with Crippen molar-refractivity contribution >= 4 is 8.07 Å². The largest absolute Gasteiger partial charge is 2.00 e. The summed E-state index contributed by atoms with van der Waals surface area (Å²) >= 11 is 0. The van der Waals surface area contributed by atoms with Gasteiger partial charge < -0.3 is 0 Å². The third-order valence-corrected chi connectivity index (χ3v) is 6.37. The van der Waals surface area contributed by atoms with Crippen LogP contribution in [-0.4, -0.2) is 32.1 Å². The molecule has 1 heterocycles. The molecule has 0 unspecified atom stereocenters. The van der Waals surface area contributed by atoms with E-state index in [9.17, 15) is 0 Å². The molecule has 3 aliphatic rings. The molecule has 1 aliphatic heterocycles. The average molecular weight is 367 g/mol. The first-order chi connectivity index (χ1) is 10.5. The van der Waals surface area contributed by atoms with E-state index in [1.54, 1.807) is 11.5 Å². The fraction of sp³-hybridized carbons (Fsp3) is 0.400. The van der Waals surface area contributed by atoms with Crippen LogP contribution in [0.2, 0.25) is 19.6 Å². The zero-order valence-electron chi connectivity index (χ0n) is 14.6. The molecule has 1 saturated heterocycles. The van der Waals surface area contributed by atoms with Gasteiger partial charge in [-0.05, 0) is 76.3 Å². The number of likely N-dealkylation sites (tertiary alicyclic amines) is 1. The Bertz CT molecular complexity index is 327. The predicted molar refractivity (Wildman–Crippen MR) is 99.0 cm³/mol. The summed E-state index contributed by atoms with van der Waals surface area (Å²) < 4.78 is 0. The summed E-state index contributed by atoms with van der Waals surface area (Å²) in [5, 5.41) is 0. The molecule has 1 atom stereocenters. The first kappa shape index (κ1) is 21.5. The number of rotatable bonds is 4. The first-order valence-electron chi connectivity index (χ1n) is 8.31. The number of hydrogen-bond acceptors (Lipinski definition) is 1.